The predicted octanol–water partition coefficient (Wildman–Crippen LogP) is 4.00. The molecule has 102 valence electrons. The smallest absolute Gasteiger partial charge is 0.0485 e. The lowest BCUT2D eigenvalue weighted by molar-refractivity contribution is 0.189. The molecule has 0 amide bonds. The van der Waals surface area contributed by atoms with Crippen molar-refractivity contribution < 1.29 is 0 Å². The van der Waals surface area contributed by atoms with Gasteiger partial charge in [-0.15, -0.1) is 0 Å². The zero-order valence-corrected chi connectivity index (χ0v) is 12.1. The number of hydrogen-bond donors (Lipinski definition) is 0. The van der Waals surface area contributed by atoms with Crippen molar-refractivity contribution in [2.75, 3.05) is 19.6 Å². The highest BCUT2D eigenvalue weighted by molar-refractivity contribution is 5.80. The molecule has 0 saturated carbocycles. The van der Waals surface area contributed by atoms with Crippen LogP contribution in [0.1, 0.15) is 37.8 Å². The van der Waals surface area contributed by atoms with Gasteiger partial charge in [0.15, 0.2) is 0 Å². The van der Waals surface area contributed by atoms with Crippen molar-refractivity contribution in [3.05, 3.63) is 36.0 Å². The summed E-state index contributed by atoms with van der Waals surface area (Å²) in [5, 5.41) is 1.38. The first kappa shape index (κ1) is 12.7. The van der Waals surface area contributed by atoms with Gasteiger partial charge in [0.05, 0.1) is 0 Å². The van der Waals surface area contributed by atoms with E-state index < -0.39 is 0 Å². The average Bonchev–Trinajstić information content (AvgIpc) is 2.83. The Morgan fingerprint density at radius 2 is 1.95 bits per heavy atom. The largest absolute Gasteiger partial charge is 0.344 e. The molecule has 1 aliphatic rings. The second-order valence-corrected chi connectivity index (χ2v) is 5.86. The molecular weight excluding hydrogens is 232 g/mol. The standard InChI is InChI=1S/C17H24N2/c1-3-9-18-10-7-16(8-11-18)19-12-6-15-5-4-14(2)13-17(15)19/h4-6,12-13,16H,3,7-11H2,1-2H3. The summed E-state index contributed by atoms with van der Waals surface area (Å²) >= 11 is 0. The summed E-state index contributed by atoms with van der Waals surface area (Å²) in [6, 6.07) is 9.72. The zero-order valence-electron chi connectivity index (χ0n) is 12.1. The number of aryl methyl sites for hydroxylation is 1. The van der Waals surface area contributed by atoms with Crippen molar-refractivity contribution in [1.29, 1.82) is 0 Å². The van der Waals surface area contributed by atoms with Crippen molar-refractivity contribution >= 4 is 10.9 Å². The summed E-state index contributed by atoms with van der Waals surface area (Å²) in [4.78, 5) is 2.60. The van der Waals surface area contributed by atoms with E-state index in [1.807, 2.05) is 0 Å². The van der Waals surface area contributed by atoms with Gasteiger partial charge in [-0.2, -0.15) is 0 Å². The van der Waals surface area contributed by atoms with Gasteiger partial charge in [0.2, 0.25) is 0 Å². The predicted molar refractivity (Wildman–Crippen MR) is 81.7 cm³/mol. The van der Waals surface area contributed by atoms with E-state index in [2.05, 4.69) is 53.8 Å². The second kappa shape index (κ2) is 5.38. The van der Waals surface area contributed by atoms with Gasteiger partial charge >= 0.3 is 0 Å². The number of aromatic nitrogens is 1. The van der Waals surface area contributed by atoms with E-state index in [9.17, 15) is 0 Å². The van der Waals surface area contributed by atoms with Crippen LogP contribution in [0, 0.1) is 6.92 Å². The maximum absolute atomic E-state index is 2.60. The Hall–Kier alpha value is -1.28. The van der Waals surface area contributed by atoms with E-state index in [4.69, 9.17) is 0 Å². The third-order valence-corrected chi connectivity index (χ3v) is 4.37. The average molecular weight is 256 g/mol. The first-order valence-corrected chi connectivity index (χ1v) is 7.57. The molecule has 0 N–H and O–H groups in total. The Balaban J connectivity index is 1.80. The van der Waals surface area contributed by atoms with E-state index in [0.717, 1.165) is 0 Å². The Morgan fingerprint density at radius 3 is 2.68 bits per heavy atom. The number of piperidine rings is 1. The fourth-order valence-electron chi connectivity index (χ4n) is 3.31. The maximum Gasteiger partial charge on any atom is 0.0485 e. The van der Waals surface area contributed by atoms with Crippen LogP contribution in [0.25, 0.3) is 10.9 Å². The number of likely N-dealkylation sites (tertiary alicyclic amines) is 1. The molecule has 2 heteroatoms. The minimum Gasteiger partial charge on any atom is -0.344 e. The molecule has 3 rings (SSSR count). The van der Waals surface area contributed by atoms with E-state index in [-0.39, 0.29) is 0 Å². The highest BCUT2D eigenvalue weighted by atomic mass is 15.1. The molecule has 1 fully saturated rings. The molecule has 0 unspecified atom stereocenters. The van der Waals surface area contributed by atoms with Gasteiger partial charge in [0.25, 0.3) is 0 Å². The van der Waals surface area contributed by atoms with Crippen molar-refractivity contribution in [3.63, 3.8) is 0 Å². The van der Waals surface area contributed by atoms with Crippen LogP contribution < -0.4 is 0 Å². The van der Waals surface area contributed by atoms with Crippen molar-refractivity contribution in [3.8, 4) is 0 Å². The van der Waals surface area contributed by atoms with E-state index in [0.29, 0.717) is 6.04 Å². The Morgan fingerprint density at radius 1 is 1.16 bits per heavy atom. The molecule has 1 saturated heterocycles. The highest BCUT2D eigenvalue weighted by Gasteiger charge is 2.20. The van der Waals surface area contributed by atoms with Gasteiger partial charge in [-0.25, -0.2) is 0 Å². The zero-order chi connectivity index (χ0) is 13.2. The Kier molecular flexibility index (Phi) is 3.61. The van der Waals surface area contributed by atoms with Gasteiger partial charge < -0.3 is 9.47 Å². The van der Waals surface area contributed by atoms with Crippen LogP contribution in [0.2, 0.25) is 0 Å². The van der Waals surface area contributed by atoms with Gasteiger partial charge in [-0.05, 0) is 55.8 Å². The van der Waals surface area contributed by atoms with E-state index >= 15 is 0 Å². The molecule has 1 aliphatic heterocycles. The number of nitrogens with zero attached hydrogens (tertiary/aromatic N) is 2. The van der Waals surface area contributed by atoms with E-state index in [1.165, 1.54) is 55.4 Å². The Labute approximate surface area is 116 Å². The van der Waals surface area contributed by atoms with Gasteiger partial charge in [0, 0.05) is 30.8 Å². The minimum absolute atomic E-state index is 0.687. The highest BCUT2D eigenvalue weighted by Crippen LogP contribution is 2.28. The molecule has 1 aromatic heterocycles. The van der Waals surface area contributed by atoms with Crippen molar-refractivity contribution in [1.82, 2.24) is 9.47 Å². The number of benzene rings is 1. The lowest BCUT2D eigenvalue weighted by Gasteiger charge is -2.32. The van der Waals surface area contributed by atoms with Crippen LogP contribution in [-0.2, 0) is 0 Å². The number of rotatable bonds is 3. The SMILES string of the molecule is CCCN1CCC(n2ccc3ccc(C)cc32)CC1. The van der Waals surface area contributed by atoms with Gasteiger partial charge in [-0.1, -0.05) is 19.1 Å². The molecule has 19 heavy (non-hydrogen) atoms. The third-order valence-electron chi connectivity index (χ3n) is 4.37. The summed E-state index contributed by atoms with van der Waals surface area (Å²) in [6.07, 6.45) is 6.13. The van der Waals surface area contributed by atoms with Crippen LogP contribution >= 0.6 is 0 Å². The molecule has 0 spiro atoms. The van der Waals surface area contributed by atoms with Crippen LogP contribution in [0.5, 0.6) is 0 Å². The summed E-state index contributed by atoms with van der Waals surface area (Å²) in [7, 11) is 0. The first-order chi connectivity index (χ1) is 9.28. The molecule has 0 bridgehead atoms. The maximum atomic E-state index is 2.60. The number of hydrogen-bond acceptors (Lipinski definition) is 1. The molecule has 1 aromatic carbocycles. The quantitative estimate of drug-likeness (QED) is 0.806. The monoisotopic (exact) mass is 256 g/mol. The molecule has 0 atom stereocenters. The van der Waals surface area contributed by atoms with Gasteiger partial charge in [-0.3, -0.25) is 0 Å². The van der Waals surface area contributed by atoms with Crippen LogP contribution in [-0.4, -0.2) is 29.1 Å². The molecule has 0 radical (unpaired) electrons. The molecule has 2 aromatic rings. The van der Waals surface area contributed by atoms with Crippen LogP contribution in [0.15, 0.2) is 30.5 Å². The number of fused-ring (bicyclic) bond motifs is 1. The molecule has 2 nitrogen and oxygen atoms in total. The molecule has 2 heterocycles. The Bertz CT molecular complexity index is 547. The summed E-state index contributed by atoms with van der Waals surface area (Å²) in [5.41, 5.74) is 2.77. The molecule has 0 aliphatic carbocycles. The van der Waals surface area contributed by atoms with Gasteiger partial charge in [0.1, 0.15) is 0 Å². The summed E-state index contributed by atoms with van der Waals surface area (Å²) in [5.74, 6) is 0. The van der Waals surface area contributed by atoms with E-state index in [1.54, 1.807) is 0 Å². The first-order valence-electron chi connectivity index (χ1n) is 7.57. The lowest BCUT2D eigenvalue weighted by Crippen LogP contribution is -2.34. The normalized spacial score (nSPS) is 18.2. The summed E-state index contributed by atoms with van der Waals surface area (Å²) in [6.45, 7) is 8.22. The molecular formula is C17H24N2. The second-order valence-electron chi connectivity index (χ2n) is 5.86. The summed E-state index contributed by atoms with van der Waals surface area (Å²) < 4.78 is 2.51. The lowest BCUT2D eigenvalue weighted by atomic mass is 10.0. The van der Waals surface area contributed by atoms with Crippen molar-refractivity contribution in [2.24, 2.45) is 0 Å². The minimum atomic E-state index is 0.687. The fraction of sp³-hybridized carbons (Fsp3) is 0.529. The third kappa shape index (κ3) is 2.55. The topological polar surface area (TPSA) is 8.17 Å². The van der Waals surface area contributed by atoms with Crippen molar-refractivity contribution in [2.45, 2.75) is 39.2 Å². The fourth-order valence-corrected chi connectivity index (χ4v) is 3.31. The van der Waals surface area contributed by atoms with Crippen LogP contribution in [0.4, 0.5) is 0 Å². The van der Waals surface area contributed by atoms with Crippen LogP contribution in [0.3, 0.4) is 0 Å².